The summed E-state index contributed by atoms with van der Waals surface area (Å²) in [7, 11) is 0. The molecule has 0 saturated heterocycles. The fraction of sp³-hybridized carbons (Fsp3) is 0.680. The number of carboxylic acid groups (broad SMARTS) is 1. The van der Waals surface area contributed by atoms with E-state index in [0.717, 1.165) is 0 Å². The predicted molar refractivity (Wildman–Crippen MR) is 115 cm³/mol. The molecule has 0 aromatic rings. The normalized spacial score (nSPS) is 43.7. The van der Waals surface area contributed by atoms with Crippen molar-refractivity contribution in [2.45, 2.75) is 64.6 Å². The number of aliphatic hydroxyl groups excluding tert-OH is 1. The van der Waals surface area contributed by atoms with Gasteiger partial charge in [-0.1, -0.05) is 18.6 Å². The van der Waals surface area contributed by atoms with Crippen LogP contribution in [-0.2, 0) is 23.9 Å². The monoisotopic (exact) mass is 462 g/mol. The molecule has 7 nitrogen and oxygen atoms in total. The average molecular weight is 463 g/mol. The van der Waals surface area contributed by atoms with Crippen LogP contribution in [0.3, 0.4) is 0 Å². The van der Waals surface area contributed by atoms with Crippen LogP contribution in [0.2, 0.25) is 0 Å². The molecule has 0 amide bonds. The Labute approximate surface area is 192 Å². The number of halogens is 1. The number of ether oxygens (including phenoxy) is 1. The number of allylic oxidation sites excluding steroid dienone is 4. The third-order valence-electron chi connectivity index (χ3n) is 9.02. The zero-order valence-electron chi connectivity index (χ0n) is 19.2. The van der Waals surface area contributed by atoms with Crippen molar-refractivity contribution < 1.29 is 38.5 Å². The Hall–Kier alpha value is -2.35. The zero-order valence-corrected chi connectivity index (χ0v) is 19.2. The Balaban J connectivity index is 1.75. The largest absolute Gasteiger partial charge is 0.481 e. The van der Waals surface area contributed by atoms with Gasteiger partial charge in [-0.25, -0.2) is 4.39 Å². The van der Waals surface area contributed by atoms with Gasteiger partial charge in [0.1, 0.15) is 6.61 Å². The maximum absolute atomic E-state index is 17.1. The lowest BCUT2D eigenvalue weighted by atomic mass is 9.45. The highest BCUT2D eigenvalue weighted by Gasteiger charge is 2.72. The van der Waals surface area contributed by atoms with E-state index in [1.165, 1.54) is 19.1 Å². The highest BCUT2D eigenvalue weighted by molar-refractivity contribution is 6.01. The Morgan fingerprint density at radius 3 is 2.58 bits per heavy atom. The van der Waals surface area contributed by atoms with Crippen LogP contribution in [0.15, 0.2) is 23.8 Å². The standard InChI is InChI=1S/C25H31FO7/c1-13(27)33-12-19(29)22-14(9-21(31)32)8-18-17-5-4-15-10-16(28)6-7-24(15,3)25(17,26)20(30)11-23(18,22)2/h6-7,10,14,17-18,20,22,30H,4-5,8-9,11-12H2,1-3H3,(H,31,32)/t14?,17-,18-,20?,22+,23-,24-,25-/m0/s1. The first-order valence-corrected chi connectivity index (χ1v) is 11.5. The fourth-order valence-corrected chi connectivity index (χ4v) is 7.71. The van der Waals surface area contributed by atoms with E-state index >= 15 is 4.39 Å². The Morgan fingerprint density at radius 2 is 1.94 bits per heavy atom. The quantitative estimate of drug-likeness (QED) is 0.603. The van der Waals surface area contributed by atoms with Crippen molar-refractivity contribution in [2.75, 3.05) is 6.61 Å². The van der Waals surface area contributed by atoms with Crippen molar-refractivity contribution in [3.63, 3.8) is 0 Å². The number of hydrogen-bond acceptors (Lipinski definition) is 6. The van der Waals surface area contributed by atoms with Crippen LogP contribution in [0.4, 0.5) is 4.39 Å². The molecule has 0 aromatic carbocycles. The highest BCUT2D eigenvalue weighted by atomic mass is 19.1. The van der Waals surface area contributed by atoms with Crippen molar-refractivity contribution in [2.24, 2.45) is 34.5 Å². The number of esters is 1. The molecule has 0 aromatic heterocycles. The Bertz CT molecular complexity index is 970. The van der Waals surface area contributed by atoms with Crippen LogP contribution < -0.4 is 0 Å². The number of aliphatic carboxylic acids is 1. The lowest BCUT2D eigenvalue weighted by Gasteiger charge is -2.61. The number of carboxylic acids is 1. The summed E-state index contributed by atoms with van der Waals surface area (Å²) >= 11 is 0. The van der Waals surface area contributed by atoms with Crippen molar-refractivity contribution in [1.29, 1.82) is 0 Å². The van der Waals surface area contributed by atoms with E-state index in [1.54, 1.807) is 13.0 Å². The SMILES string of the molecule is CC(=O)OCC(=O)[C@H]1C(CC(=O)O)C[C@H]2[C@@H]3CCC4=CC(=O)C=C[C@]4(C)[C@@]3(F)C(O)C[C@]12C. The van der Waals surface area contributed by atoms with E-state index in [0.29, 0.717) is 24.8 Å². The molecule has 2 N–H and O–H groups in total. The second-order valence-electron chi connectivity index (χ2n) is 10.7. The number of fused-ring (bicyclic) bond motifs is 5. The van der Waals surface area contributed by atoms with E-state index in [9.17, 15) is 29.4 Å². The second kappa shape index (κ2) is 7.86. The van der Waals surface area contributed by atoms with Crippen molar-refractivity contribution in [1.82, 2.24) is 0 Å². The summed E-state index contributed by atoms with van der Waals surface area (Å²) in [5.74, 6) is -4.46. The van der Waals surface area contributed by atoms with Gasteiger partial charge in [0.05, 0.1) is 6.10 Å². The lowest BCUT2D eigenvalue weighted by Crippen LogP contribution is -2.66. The molecule has 8 atom stereocenters. The number of ketones is 2. The number of aliphatic hydroxyl groups is 1. The number of rotatable bonds is 5. The van der Waals surface area contributed by atoms with Crippen LogP contribution in [0.5, 0.6) is 0 Å². The number of alkyl halides is 1. The van der Waals surface area contributed by atoms with Crippen LogP contribution in [0, 0.1) is 34.5 Å². The van der Waals surface area contributed by atoms with E-state index in [4.69, 9.17) is 4.74 Å². The number of Topliss-reactive ketones (excluding diaryl/α,β-unsaturated/α-hetero) is 1. The minimum absolute atomic E-state index is 0.0120. The maximum atomic E-state index is 17.1. The van der Waals surface area contributed by atoms with E-state index in [2.05, 4.69) is 0 Å². The molecular formula is C25H31FO7. The van der Waals surface area contributed by atoms with Gasteiger partial charge in [-0.15, -0.1) is 0 Å². The van der Waals surface area contributed by atoms with Gasteiger partial charge >= 0.3 is 11.9 Å². The summed E-state index contributed by atoms with van der Waals surface area (Å²) in [4.78, 5) is 48.0. The minimum atomic E-state index is -2.04. The molecule has 0 heterocycles. The first kappa shape index (κ1) is 23.8. The summed E-state index contributed by atoms with van der Waals surface area (Å²) in [5.41, 5.74) is -3.35. The van der Waals surface area contributed by atoms with Gasteiger partial charge in [0.2, 0.25) is 0 Å². The van der Waals surface area contributed by atoms with Gasteiger partial charge in [-0.05, 0) is 62.0 Å². The van der Waals surface area contributed by atoms with Crippen LogP contribution in [0.25, 0.3) is 0 Å². The summed E-state index contributed by atoms with van der Waals surface area (Å²) in [6.45, 7) is 4.29. The first-order valence-electron chi connectivity index (χ1n) is 11.5. The maximum Gasteiger partial charge on any atom is 0.303 e. The van der Waals surface area contributed by atoms with E-state index in [-0.39, 0.29) is 30.3 Å². The van der Waals surface area contributed by atoms with Gasteiger partial charge in [0, 0.05) is 30.6 Å². The highest BCUT2D eigenvalue weighted by Crippen LogP contribution is 2.70. The van der Waals surface area contributed by atoms with Gasteiger partial charge < -0.3 is 14.9 Å². The van der Waals surface area contributed by atoms with Crippen molar-refractivity contribution >= 4 is 23.5 Å². The Kier molecular flexibility index (Phi) is 5.67. The van der Waals surface area contributed by atoms with Gasteiger partial charge in [-0.3, -0.25) is 19.2 Å². The van der Waals surface area contributed by atoms with E-state index in [1.807, 2.05) is 6.92 Å². The molecule has 3 fully saturated rings. The topological polar surface area (TPSA) is 118 Å². The minimum Gasteiger partial charge on any atom is -0.481 e. The number of carbonyl (C=O) groups is 4. The molecular weight excluding hydrogens is 431 g/mol. The summed E-state index contributed by atoms with van der Waals surface area (Å²) in [6, 6.07) is 0. The summed E-state index contributed by atoms with van der Waals surface area (Å²) < 4.78 is 22.0. The average Bonchev–Trinajstić information content (AvgIpc) is 2.98. The molecule has 0 aliphatic heterocycles. The molecule has 4 rings (SSSR count). The van der Waals surface area contributed by atoms with Crippen LogP contribution >= 0.6 is 0 Å². The fourth-order valence-electron chi connectivity index (χ4n) is 7.71. The van der Waals surface area contributed by atoms with E-state index < -0.39 is 58.9 Å². The number of carbonyl (C=O) groups excluding carboxylic acids is 3. The van der Waals surface area contributed by atoms with Crippen LogP contribution in [0.1, 0.15) is 52.9 Å². The predicted octanol–water partition coefficient (Wildman–Crippen LogP) is 2.81. The van der Waals surface area contributed by atoms with Gasteiger partial charge in [-0.2, -0.15) is 0 Å². The van der Waals surface area contributed by atoms with Crippen molar-refractivity contribution in [3.05, 3.63) is 23.8 Å². The lowest BCUT2D eigenvalue weighted by molar-refractivity contribution is -0.196. The van der Waals surface area contributed by atoms with Crippen molar-refractivity contribution in [3.8, 4) is 0 Å². The second-order valence-corrected chi connectivity index (χ2v) is 10.7. The third kappa shape index (κ3) is 3.40. The molecule has 33 heavy (non-hydrogen) atoms. The number of hydrogen-bond donors (Lipinski definition) is 2. The van der Waals surface area contributed by atoms with Crippen LogP contribution in [-0.4, -0.2) is 52.1 Å². The molecule has 0 radical (unpaired) electrons. The first-order chi connectivity index (χ1) is 15.3. The third-order valence-corrected chi connectivity index (χ3v) is 9.02. The van der Waals surface area contributed by atoms with Gasteiger partial charge in [0.25, 0.3) is 0 Å². The molecule has 180 valence electrons. The zero-order chi connectivity index (χ0) is 24.3. The Morgan fingerprint density at radius 1 is 1.24 bits per heavy atom. The molecule has 4 aliphatic carbocycles. The van der Waals surface area contributed by atoms with Gasteiger partial charge in [0.15, 0.2) is 17.2 Å². The molecule has 0 spiro atoms. The smallest absolute Gasteiger partial charge is 0.303 e. The molecule has 2 unspecified atom stereocenters. The molecule has 0 bridgehead atoms. The summed E-state index contributed by atoms with van der Waals surface area (Å²) in [6.07, 6.45) is 3.97. The molecule has 8 heteroatoms. The summed E-state index contributed by atoms with van der Waals surface area (Å²) in [5, 5.41) is 20.8. The molecule has 4 aliphatic rings. The molecule has 3 saturated carbocycles.